The summed E-state index contributed by atoms with van der Waals surface area (Å²) in [6.07, 6.45) is 0.998. The van der Waals surface area contributed by atoms with Crippen molar-refractivity contribution < 1.29 is 17.9 Å². The number of ether oxygens (including phenoxy) is 1. The van der Waals surface area contributed by atoms with Crippen LogP contribution in [0.3, 0.4) is 0 Å². The zero-order chi connectivity index (χ0) is 21.0. The molecule has 3 rings (SSSR count). The molecule has 0 aliphatic carbocycles. The van der Waals surface area contributed by atoms with Crippen molar-refractivity contribution in [3.05, 3.63) is 64.9 Å². The lowest BCUT2D eigenvalue weighted by Gasteiger charge is -2.09. The monoisotopic (exact) mass is 433 g/mol. The van der Waals surface area contributed by atoms with E-state index >= 15 is 0 Å². The summed E-state index contributed by atoms with van der Waals surface area (Å²) in [6, 6.07) is 13.0. The SMILES string of the molecule is CS(=O)(=O)c1cc(C(=O)OCc2nc(N)nc(Nc3ccccc3)n2)ccc1Cl. The van der Waals surface area contributed by atoms with E-state index in [4.69, 9.17) is 22.1 Å². The van der Waals surface area contributed by atoms with Gasteiger partial charge >= 0.3 is 5.97 Å². The van der Waals surface area contributed by atoms with Crippen LogP contribution in [0.1, 0.15) is 16.2 Å². The van der Waals surface area contributed by atoms with Crippen LogP contribution in [0.5, 0.6) is 0 Å². The molecule has 0 unspecified atom stereocenters. The number of rotatable bonds is 6. The number of sulfone groups is 1. The maximum absolute atomic E-state index is 12.3. The van der Waals surface area contributed by atoms with Gasteiger partial charge in [-0.2, -0.15) is 15.0 Å². The third-order valence-corrected chi connectivity index (χ3v) is 5.21. The fraction of sp³-hybridized carbons (Fsp3) is 0.111. The Kier molecular flexibility index (Phi) is 5.95. The molecule has 1 heterocycles. The Morgan fingerprint density at radius 1 is 1.14 bits per heavy atom. The van der Waals surface area contributed by atoms with Gasteiger partial charge in [-0.15, -0.1) is 0 Å². The molecule has 0 spiro atoms. The first-order valence-electron chi connectivity index (χ1n) is 8.21. The molecule has 0 radical (unpaired) electrons. The molecule has 0 aliphatic rings. The van der Waals surface area contributed by atoms with Gasteiger partial charge in [-0.1, -0.05) is 29.8 Å². The second kappa shape index (κ2) is 8.41. The molecule has 0 bridgehead atoms. The first-order chi connectivity index (χ1) is 13.7. The number of aromatic nitrogens is 3. The molecule has 11 heteroatoms. The Hall–Kier alpha value is -3.24. The van der Waals surface area contributed by atoms with Crippen LogP contribution in [-0.2, 0) is 21.2 Å². The summed E-state index contributed by atoms with van der Waals surface area (Å²) in [5.74, 6) is -0.486. The third kappa shape index (κ3) is 5.39. The zero-order valence-electron chi connectivity index (χ0n) is 15.2. The van der Waals surface area contributed by atoms with Crippen molar-refractivity contribution in [2.75, 3.05) is 17.3 Å². The van der Waals surface area contributed by atoms with Gasteiger partial charge in [0.25, 0.3) is 0 Å². The molecule has 1 aromatic heterocycles. The summed E-state index contributed by atoms with van der Waals surface area (Å²) in [6.45, 7) is -0.286. The summed E-state index contributed by atoms with van der Waals surface area (Å²) in [4.78, 5) is 24.2. The van der Waals surface area contributed by atoms with E-state index < -0.39 is 15.8 Å². The largest absolute Gasteiger partial charge is 0.454 e. The highest BCUT2D eigenvalue weighted by Gasteiger charge is 2.17. The van der Waals surface area contributed by atoms with Gasteiger partial charge in [-0.05, 0) is 30.3 Å². The molecule has 0 saturated carbocycles. The Bertz CT molecular complexity index is 1160. The Morgan fingerprint density at radius 3 is 2.55 bits per heavy atom. The maximum Gasteiger partial charge on any atom is 0.338 e. The van der Waals surface area contributed by atoms with Gasteiger partial charge < -0.3 is 15.8 Å². The van der Waals surface area contributed by atoms with E-state index in [0.29, 0.717) is 0 Å². The number of para-hydroxylation sites is 1. The number of carbonyl (C=O) groups excluding carboxylic acids is 1. The summed E-state index contributed by atoms with van der Waals surface area (Å²) in [5, 5.41) is 2.99. The normalized spacial score (nSPS) is 11.1. The lowest BCUT2D eigenvalue weighted by atomic mass is 10.2. The number of nitrogen functional groups attached to an aromatic ring is 1. The lowest BCUT2D eigenvalue weighted by molar-refractivity contribution is 0.0462. The van der Waals surface area contributed by atoms with E-state index in [2.05, 4.69) is 20.3 Å². The average molecular weight is 434 g/mol. The van der Waals surface area contributed by atoms with E-state index in [0.717, 1.165) is 18.0 Å². The van der Waals surface area contributed by atoms with Crippen molar-refractivity contribution in [1.29, 1.82) is 0 Å². The van der Waals surface area contributed by atoms with Gasteiger partial charge in [0, 0.05) is 11.9 Å². The van der Waals surface area contributed by atoms with Gasteiger partial charge in [0.2, 0.25) is 11.9 Å². The molecule has 3 aromatic rings. The van der Waals surface area contributed by atoms with Crippen LogP contribution in [0.4, 0.5) is 17.6 Å². The van der Waals surface area contributed by atoms with E-state index in [1.165, 1.54) is 12.1 Å². The van der Waals surface area contributed by atoms with E-state index in [1.54, 1.807) is 0 Å². The zero-order valence-corrected chi connectivity index (χ0v) is 16.7. The van der Waals surface area contributed by atoms with Gasteiger partial charge in [0.05, 0.1) is 15.5 Å². The van der Waals surface area contributed by atoms with E-state index in [1.807, 2.05) is 30.3 Å². The van der Waals surface area contributed by atoms with Crippen molar-refractivity contribution in [2.24, 2.45) is 0 Å². The maximum atomic E-state index is 12.3. The topological polar surface area (TPSA) is 137 Å². The minimum Gasteiger partial charge on any atom is -0.454 e. The average Bonchev–Trinajstić information content (AvgIpc) is 2.66. The third-order valence-electron chi connectivity index (χ3n) is 3.63. The predicted molar refractivity (Wildman–Crippen MR) is 108 cm³/mol. The van der Waals surface area contributed by atoms with Crippen LogP contribution in [0.2, 0.25) is 5.02 Å². The van der Waals surface area contributed by atoms with Crippen molar-refractivity contribution in [1.82, 2.24) is 15.0 Å². The number of benzene rings is 2. The van der Waals surface area contributed by atoms with Crippen LogP contribution in [0.15, 0.2) is 53.4 Å². The highest BCUT2D eigenvalue weighted by molar-refractivity contribution is 7.90. The summed E-state index contributed by atoms with van der Waals surface area (Å²) in [7, 11) is -3.60. The summed E-state index contributed by atoms with van der Waals surface area (Å²) >= 11 is 5.88. The molecule has 0 saturated heterocycles. The molecular formula is C18H16ClN5O4S. The van der Waals surface area contributed by atoms with Crippen molar-refractivity contribution in [2.45, 2.75) is 11.5 Å². The number of hydrogen-bond donors (Lipinski definition) is 2. The molecular weight excluding hydrogens is 418 g/mol. The standard InChI is InChI=1S/C18H16ClN5O4S/c1-29(26,27)14-9-11(7-8-13(14)19)16(25)28-10-15-22-17(20)24-18(23-15)21-12-5-3-2-4-6-12/h2-9H,10H2,1H3,(H3,20,21,22,23,24). The molecule has 29 heavy (non-hydrogen) atoms. The molecule has 0 fully saturated rings. The van der Waals surface area contributed by atoms with Gasteiger partial charge in [0.1, 0.15) is 0 Å². The highest BCUT2D eigenvalue weighted by atomic mass is 35.5. The highest BCUT2D eigenvalue weighted by Crippen LogP contribution is 2.23. The number of halogens is 1. The fourth-order valence-corrected chi connectivity index (χ4v) is 3.64. The first-order valence-corrected chi connectivity index (χ1v) is 10.5. The van der Waals surface area contributed by atoms with Crippen LogP contribution in [-0.4, -0.2) is 35.6 Å². The molecule has 150 valence electrons. The summed E-state index contributed by atoms with van der Waals surface area (Å²) in [5.41, 5.74) is 6.46. The van der Waals surface area contributed by atoms with Crippen LogP contribution in [0, 0.1) is 0 Å². The molecule has 0 aliphatic heterocycles. The first kappa shape index (κ1) is 20.5. The number of carbonyl (C=O) groups is 1. The molecule has 0 amide bonds. The number of hydrogen-bond acceptors (Lipinski definition) is 9. The number of anilines is 3. The second-order valence-electron chi connectivity index (χ2n) is 5.92. The summed E-state index contributed by atoms with van der Waals surface area (Å²) < 4.78 is 28.7. The lowest BCUT2D eigenvalue weighted by Crippen LogP contribution is -2.11. The quantitative estimate of drug-likeness (QED) is 0.561. The van der Waals surface area contributed by atoms with E-state index in [-0.39, 0.29) is 39.8 Å². The van der Waals surface area contributed by atoms with Gasteiger partial charge in [-0.25, -0.2) is 13.2 Å². The molecule has 3 N–H and O–H groups in total. The number of nitrogens with two attached hydrogens (primary N) is 1. The van der Waals surface area contributed by atoms with Crippen molar-refractivity contribution in [3.63, 3.8) is 0 Å². The molecule has 0 atom stereocenters. The van der Waals surface area contributed by atoms with Crippen LogP contribution < -0.4 is 11.1 Å². The number of esters is 1. The van der Waals surface area contributed by atoms with Gasteiger partial charge in [0.15, 0.2) is 22.3 Å². The Labute approximate surface area is 171 Å². The minimum absolute atomic E-state index is 0.0194. The van der Waals surface area contributed by atoms with Crippen molar-refractivity contribution in [3.8, 4) is 0 Å². The second-order valence-corrected chi connectivity index (χ2v) is 8.31. The van der Waals surface area contributed by atoms with Crippen molar-refractivity contribution >= 4 is 45.0 Å². The fourth-order valence-electron chi connectivity index (χ4n) is 2.34. The van der Waals surface area contributed by atoms with Crippen LogP contribution >= 0.6 is 11.6 Å². The predicted octanol–water partition coefficient (Wildman–Crippen LogP) is 2.61. The molecule has 2 aromatic carbocycles. The smallest absolute Gasteiger partial charge is 0.338 e. The minimum atomic E-state index is -3.60. The number of nitrogens with zero attached hydrogens (tertiary/aromatic N) is 3. The Balaban J connectivity index is 1.74. The number of nitrogens with one attached hydrogen (secondary N) is 1. The molecule has 9 nitrogen and oxygen atoms in total. The van der Waals surface area contributed by atoms with E-state index in [9.17, 15) is 13.2 Å². The Morgan fingerprint density at radius 2 is 1.86 bits per heavy atom. The van der Waals surface area contributed by atoms with Gasteiger partial charge in [-0.3, -0.25) is 0 Å². The van der Waals surface area contributed by atoms with Crippen LogP contribution in [0.25, 0.3) is 0 Å².